The van der Waals surface area contributed by atoms with Gasteiger partial charge in [0.2, 0.25) is 11.9 Å². The Hall–Kier alpha value is -4.98. The van der Waals surface area contributed by atoms with E-state index in [1.807, 2.05) is 0 Å². The van der Waals surface area contributed by atoms with Crippen molar-refractivity contribution in [2.24, 2.45) is 10.2 Å². The molecule has 1 aromatic heterocycles. The maximum Gasteiger partial charge on any atom is 0.350 e. The lowest BCUT2D eigenvalue weighted by Gasteiger charge is -2.14. The number of hydrogen-bond donors (Lipinski definition) is 7. The van der Waals surface area contributed by atoms with Crippen LogP contribution < -0.4 is 16.7 Å². The van der Waals surface area contributed by atoms with Crippen molar-refractivity contribution in [3.05, 3.63) is 58.5 Å². The normalized spacial score (nSPS) is 12.2. The molecule has 1 heterocycles. The highest BCUT2D eigenvalue weighted by Gasteiger charge is 2.26. The molecule has 0 amide bonds. The topological polar surface area (TPSA) is 288 Å². The molecule has 0 radical (unpaired) electrons. The van der Waals surface area contributed by atoms with Gasteiger partial charge in [0.15, 0.2) is 5.75 Å². The summed E-state index contributed by atoms with van der Waals surface area (Å²) in [7, 11) is -10.1. The second-order valence-corrected chi connectivity index (χ2v) is 10.4. The molecule has 0 atom stereocenters. The van der Waals surface area contributed by atoms with Crippen LogP contribution in [0.4, 0.5) is 29.0 Å². The lowest BCUT2D eigenvalue weighted by molar-refractivity contribution is 0.0697. The maximum atomic E-state index is 12.2. The summed E-state index contributed by atoms with van der Waals surface area (Å²) in [6.45, 7) is 0. The van der Waals surface area contributed by atoms with Crippen LogP contribution in [0.25, 0.3) is 10.8 Å². The predicted molar refractivity (Wildman–Crippen MR) is 133 cm³/mol. The van der Waals surface area contributed by atoms with E-state index in [1.165, 1.54) is 24.3 Å². The molecular formula is C20H15N7O10S2. The first-order valence-electron chi connectivity index (χ1n) is 10.2. The van der Waals surface area contributed by atoms with Crippen molar-refractivity contribution >= 4 is 65.9 Å². The second kappa shape index (κ2) is 9.72. The molecule has 0 aliphatic heterocycles. The smallest absolute Gasteiger partial charge is 0.350 e. The number of carbonyl (C=O) groups is 1. The molecule has 19 heteroatoms. The molecule has 39 heavy (non-hydrogen) atoms. The van der Waals surface area contributed by atoms with Gasteiger partial charge in [-0.3, -0.25) is 14.1 Å². The maximum absolute atomic E-state index is 12.2. The first-order chi connectivity index (χ1) is 18.1. The number of anilines is 3. The number of aromatic nitrogens is 3. The summed E-state index contributed by atoms with van der Waals surface area (Å²) in [6, 6.07) is 7.52. The molecule has 0 bridgehead atoms. The number of nitrogens with zero attached hydrogens (tertiary/aromatic N) is 4. The average Bonchev–Trinajstić information content (AvgIpc) is 2.81. The van der Waals surface area contributed by atoms with E-state index >= 15 is 0 Å². The zero-order chi connectivity index (χ0) is 28.7. The first kappa shape index (κ1) is 27.1. The van der Waals surface area contributed by atoms with Crippen molar-refractivity contribution in [1.29, 1.82) is 0 Å². The zero-order valence-electron chi connectivity index (χ0n) is 19.0. The van der Waals surface area contributed by atoms with Crippen molar-refractivity contribution in [1.82, 2.24) is 15.0 Å². The van der Waals surface area contributed by atoms with E-state index in [0.717, 1.165) is 12.1 Å². The zero-order valence-corrected chi connectivity index (χ0v) is 20.6. The van der Waals surface area contributed by atoms with Gasteiger partial charge in [-0.05, 0) is 35.7 Å². The molecule has 4 rings (SSSR count). The number of hydrogen-bond acceptors (Lipinski definition) is 13. The van der Waals surface area contributed by atoms with Crippen LogP contribution in [0.3, 0.4) is 0 Å². The number of H-pyrrole nitrogens is 1. The Morgan fingerprint density at radius 1 is 1.00 bits per heavy atom. The van der Waals surface area contributed by atoms with Crippen molar-refractivity contribution < 1.29 is 40.9 Å². The molecule has 0 aliphatic carbocycles. The number of aromatic amines is 1. The largest absolute Gasteiger partial charge is 0.505 e. The first-order valence-corrected chi connectivity index (χ1v) is 13.1. The van der Waals surface area contributed by atoms with Gasteiger partial charge in [-0.25, -0.2) is 9.59 Å². The van der Waals surface area contributed by atoms with Crippen molar-refractivity contribution in [3.63, 3.8) is 0 Å². The van der Waals surface area contributed by atoms with E-state index in [-0.39, 0.29) is 27.7 Å². The third-order valence-corrected chi connectivity index (χ3v) is 6.71. The minimum absolute atomic E-state index is 0.238. The van der Waals surface area contributed by atoms with Gasteiger partial charge >= 0.3 is 11.7 Å². The number of azo groups is 1. The molecule has 4 aromatic rings. The van der Waals surface area contributed by atoms with E-state index in [1.54, 1.807) is 0 Å². The highest BCUT2D eigenvalue weighted by Crippen LogP contribution is 2.45. The van der Waals surface area contributed by atoms with Crippen LogP contribution >= 0.6 is 0 Å². The van der Waals surface area contributed by atoms with E-state index in [9.17, 15) is 45.7 Å². The molecule has 3 aromatic carbocycles. The number of aromatic hydroxyl groups is 1. The highest BCUT2D eigenvalue weighted by molar-refractivity contribution is 7.86. The standard InChI is InChI=1S/C20H15N7O10S2/c21-18-23-19(25-20(31)24-18)22-12-7-9(38(32,33)34)5-8-6-13(39(35,36)37)15(16(28)14(8)12)27-26-11-4-2-1-3-10(11)17(29)30/h1-7,28H,(H,29,30)(H,32,33,34)(H,35,36,37)(H4,21,22,23,24,25,31). The molecule has 0 unspecified atom stereocenters. The van der Waals surface area contributed by atoms with Crippen LogP contribution in [0.2, 0.25) is 0 Å². The summed E-state index contributed by atoms with van der Waals surface area (Å²) in [4.78, 5) is 30.6. The van der Waals surface area contributed by atoms with Crippen LogP contribution in [0.15, 0.2) is 67.3 Å². The summed E-state index contributed by atoms with van der Waals surface area (Å²) in [5.41, 5.74) is 2.72. The number of aromatic carboxylic acids is 1. The Morgan fingerprint density at radius 3 is 2.31 bits per heavy atom. The number of phenols is 1. The van der Waals surface area contributed by atoms with Gasteiger partial charge in [0.25, 0.3) is 20.2 Å². The van der Waals surface area contributed by atoms with Crippen LogP contribution in [-0.2, 0) is 20.2 Å². The van der Waals surface area contributed by atoms with Gasteiger partial charge in [-0.2, -0.15) is 26.8 Å². The minimum Gasteiger partial charge on any atom is -0.505 e. The number of carboxylic acid groups (broad SMARTS) is 1. The van der Waals surface area contributed by atoms with Crippen LogP contribution in [-0.4, -0.2) is 57.1 Å². The van der Waals surface area contributed by atoms with Gasteiger partial charge < -0.3 is 21.3 Å². The fourth-order valence-electron chi connectivity index (χ4n) is 3.42. The number of rotatable bonds is 7. The fourth-order valence-corrected chi connectivity index (χ4v) is 4.62. The Bertz CT molecular complexity index is 1970. The number of benzene rings is 3. The third-order valence-electron chi connectivity index (χ3n) is 5.01. The quantitative estimate of drug-likeness (QED) is 0.122. The lowest BCUT2D eigenvalue weighted by Crippen LogP contribution is -2.16. The Kier molecular flexibility index (Phi) is 6.74. The fraction of sp³-hybridized carbons (Fsp3) is 0. The number of phenolic OH excluding ortho intramolecular Hbond substituents is 1. The number of nitrogens with two attached hydrogens (primary N) is 1. The van der Waals surface area contributed by atoms with Crippen molar-refractivity contribution in [3.8, 4) is 5.75 Å². The van der Waals surface area contributed by atoms with Crippen LogP contribution in [0.5, 0.6) is 5.75 Å². The molecule has 202 valence electrons. The van der Waals surface area contributed by atoms with Gasteiger partial charge in [0.05, 0.1) is 16.1 Å². The average molecular weight is 578 g/mol. The number of fused-ring (bicyclic) bond motifs is 1. The Labute approximate surface area is 217 Å². The second-order valence-electron chi connectivity index (χ2n) is 7.60. The molecular weight excluding hydrogens is 562 g/mol. The van der Waals surface area contributed by atoms with Crippen LogP contribution in [0, 0.1) is 0 Å². The summed E-state index contributed by atoms with van der Waals surface area (Å²) < 4.78 is 67.5. The summed E-state index contributed by atoms with van der Waals surface area (Å²) in [6.07, 6.45) is 0. The lowest BCUT2D eigenvalue weighted by atomic mass is 10.1. The van der Waals surface area contributed by atoms with Gasteiger partial charge in [0.1, 0.15) is 16.3 Å². The van der Waals surface area contributed by atoms with Crippen molar-refractivity contribution in [2.45, 2.75) is 9.79 Å². The molecule has 17 nitrogen and oxygen atoms in total. The van der Waals surface area contributed by atoms with E-state index in [4.69, 9.17) is 5.73 Å². The molecule has 8 N–H and O–H groups in total. The van der Waals surface area contributed by atoms with E-state index in [0.29, 0.717) is 6.07 Å². The molecule has 0 spiro atoms. The van der Waals surface area contributed by atoms with E-state index in [2.05, 4.69) is 30.5 Å². The highest BCUT2D eigenvalue weighted by atomic mass is 32.2. The molecule has 0 saturated carbocycles. The molecule has 0 aliphatic rings. The summed E-state index contributed by atoms with van der Waals surface area (Å²) >= 11 is 0. The van der Waals surface area contributed by atoms with Gasteiger partial charge in [0, 0.05) is 5.39 Å². The van der Waals surface area contributed by atoms with E-state index < -0.39 is 65.0 Å². The number of carboxylic acids is 1. The summed E-state index contributed by atoms with van der Waals surface area (Å²) in [5.74, 6) is -3.25. The minimum atomic E-state index is -5.16. The molecule has 0 fully saturated rings. The number of nitrogen functional groups attached to an aromatic ring is 1. The van der Waals surface area contributed by atoms with Gasteiger partial charge in [-0.15, -0.1) is 10.2 Å². The Morgan fingerprint density at radius 2 is 1.69 bits per heavy atom. The Balaban J connectivity index is 2.06. The third kappa shape index (κ3) is 5.65. The van der Waals surface area contributed by atoms with Crippen molar-refractivity contribution in [2.75, 3.05) is 11.1 Å². The monoisotopic (exact) mass is 577 g/mol. The number of nitrogens with one attached hydrogen (secondary N) is 2. The SMILES string of the molecule is Nc1nc(Nc2cc(S(=O)(=O)O)cc3cc(S(=O)(=O)O)c(N=Nc4ccccc4C(=O)O)c(O)c23)nc(=O)[nH]1. The molecule has 0 saturated heterocycles. The van der Waals surface area contributed by atoms with Crippen LogP contribution in [0.1, 0.15) is 10.4 Å². The van der Waals surface area contributed by atoms with Gasteiger partial charge in [-0.1, -0.05) is 12.1 Å². The predicted octanol–water partition coefficient (Wildman–Crippen LogP) is 1.96. The summed E-state index contributed by atoms with van der Waals surface area (Å²) in [5, 5.41) is 29.5.